The number of thiophene rings is 1. The molecule has 0 aliphatic carbocycles. The standard InChI is InChI=1S/C51H66N10O7S/c1-32(2)22-23-38(46(64)60-42(31-37-30-36-18-10-11-21-44(36)69-37)48(66)59-40(45(52)63)28-34-14-6-4-7-15-34)57-49(67)43-20-13-27-61(43)50(68)39(19-12-24-53-51-54-25-26-55-51)58-47(65)41(56-33(3)62)29-35-16-8-5-9-17-35/h4-11,14-18,21,30,32,38-43H,12-13,19-20,22-29,31H2,1-3H3,(H2,52,63)(H,56,62)(H,57,67)(H,58,65)(H,59,66)(H,60,64)(H2,53,54,55)/t38-,39+,40+,41+,42+,43+/m1/s1. The fraction of sp³-hybridized carbons (Fsp3) is 0.451. The van der Waals surface area contributed by atoms with Crippen LogP contribution in [0.2, 0.25) is 0 Å². The van der Waals surface area contributed by atoms with Gasteiger partial charge in [0.05, 0.1) is 6.54 Å². The summed E-state index contributed by atoms with van der Waals surface area (Å²) < 4.78 is 1.00. The molecule has 18 heteroatoms. The zero-order chi connectivity index (χ0) is 49.3. The molecule has 1 saturated heterocycles. The summed E-state index contributed by atoms with van der Waals surface area (Å²) in [5.41, 5.74) is 7.41. The lowest BCUT2D eigenvalue weighted by Crippen LogP contribution is -2.59. The summed E-state index contributed by atoms with van der Waals surface area (Å²) in [6.07, 6.45) is 2.75. The number of fused-ring (bicyclic) bond motifs is 1. The highest BCUT2D eigenvalue weighted by Gasteiger charge is 2.40. The number of rotatable bonds is 24. The summed E-state index contributed by atoms with van der Waals surface area (Å²) >= 11 is 1.49. The molecule has 0 radical (unpaired) electrons. The Morgan fingerprint density at radius 2 is 1.33 bits per heavy atom. The molecule has 7 amide bonds. The van der Waals surface area contributed by atoms with Crippen LogP contribution in [-0.2, 0) is 52.8 Å². The molecule has 0 saturated carbocycles. The van der Waals surface area contributed by atoms with E-state index in [1.54, 1.807) is 0 Å². The summed E-state index contributed by atoms with van der Waals surface area (Å²) in [7, 11) is 0. The molecular formula is C51H66N10O7S. The van der Waals surface area contributed by atoms with Gasteiger partial charge in [-0.25, -0.2) is 0 Å². The van der Waals surface area contributed by atoms with Gasteiger partial charge in [0.25, 0.3) is 0 Å². The van der Waals surface area contributed by atoms with Gasteiger partial charge in [-0.3, -0.25) is 38.6 Å². The SMILES string of the molecule is CC(=O)N[C@@H](Cc1ccccc1)C(=O)N[C@@H](CCCNC1=NCCN1)C(=O)N1CCC[C@H]1C(=O)N[C@H](CCC(C)C)C(=O)N[C@@H](Cc1cc2ccccc2s1)C(=O)N[C@@H](Cc1ccccc1)C(N)=O. The minimum Gasteiger partial charge on any atom is -0.368 e. The number of hydrogen-bond donors (Lipinski definition) is 8. The normalized spacial score (nSPS) is 16.6. The molecule has 3 heterocycles. The Balaban J connectivity index is 1.19. The van der Waals surface area contributed by atoms with Crippen molar-refractivity contribution in [1.82, 2.24) is 42.1 Å². The van der Waals surface area contributed by atoms with Gasteiger partial charge < -0.3 is 47.9 Å². The Bertz CT molecular complexity index is 2400. The van der Waals surface area contributed by atoms with E-state index in [-0.39, 0.29) is 44.6 Å². The predicted molar refractivity (Wildman–Crippen MR) is 267 cm³/mol. The van der Waals surface area contributed by atoms with Crippen molar-refractivity contribution in [2.45, 2.75) is 115 Å². The topological polar surface area (TPSA) is 245 Å². The highest BCUT2D eigenvalue weighted by Crippen LogP contribution is 2.27. The lowest BCUT2D eigenvalue weighted by Gasteiger charge is -2.31. The maximum Gasteiger partial charge on any atom is 0.245 e. The van der Waals surface area contributed by atoms with Crippen LogP contribution in [0.1, 0.15) is 75.3 Å². The number of nitrogens with zero attached hydrogens (tertiary/aromatic N) is 2. The summed E-state index contributed by atoms with van der Waals surface area (Å²) in [6.45, 7) is 7.40. The number of guanidine groups is 1. The fourth-order valence-electron chi connectivity index (χ4n) is 8.57. The number of hydrogen-bond acceptors (Lipinski definition) is 11. The highest BCUT2D eigenvalue weighted by atomic mass is 32.1. The maximum atomic E-state index is 14.6. The molecule has 2 aliphatic heterocycles. The Labute approximate surface area is 407 Å². The van der Waals surface area contributed by atoms with Crippen molar-refractivity contribution >= 4 is 68.7 Å². The van der Waals surface area contributed by atoms with Gasteiger partial charge in [-0.2, -0.15) is 0 Å². The van der Waals surface area contributed by atoms with E-state index in [1.165, 1.54) is 23.2 Å². The zero-order valence-electron chi connectivity index (χ0n) is 39.6. The first-order valence-corrected chi connectivity index (χ1v) is 24.7. The van der Waals surface area contributed by atoms with Gasteiger partial charge in [0.2, 0.25) is 41.4 Å². The van der Waals surface area contributed by atoms with Crippen LogP contribution in [0.4, 0.5) is 0 Å². The second-order valence-corrected chi connectivity index (χ2v) is 19.3. The van der Waals surface area contributed by atoms with E-state index in [9.17, 15) is 33.6 Å². The molecule has 69 heavy (non-hydrogen) atoms. The van der Waals surface area contributed by atoms with E-state index in [0.717, 1.165) is 32.6 Å². The van der Waals surface area contributed by atoms with E-state index in [0.29, 0.717) is 44.7 Å². The number of benzene rings is 3. The van der Waals surface area contributed by atoms with E-state index in [2.05, 4.69) is 42.2 Å². The van der Waals surface area contributed by atoms with Gasteiger partial charge in [-0.1, -0.05) is 92.7 Å². The number of carbonyl (C=O) groups excluding carboxylic acids is 7. The Morgan fingerprint density at radius 3 is 1.96 bits per heavy atom. The minimum absolute atomic E-state index is 0.102. The predicted octanol–water partition coefficient (Wildman–Crippen LogP) is 2.61. The number of likely N-dealkylation sites (tertiary alicyclic amines) is 1. The van der Waals surface area contributed by atoms with Crippen LogP contribution >= 0.6 is 11.3 Å². The molecule has 4 aromatic rings. The zero-order valence-corrected chi connectivity index (χ0v) is 40.4. The van der Waals surface area contributed by atoms with Crippen molar-refractivity contribution in [2.24, 2.45) is 16.6 Å². The fourth-order valence-corrected chi connectivity index (χ4v) is 9.68. The van der Waals surface area contributed by atoms with Crippen molar-refractivity contribution in [1.29, 1.82) is 0 Å². The molecule has 3 aromatic carbocycles. The van der Waals surface area contributed by atoms with Crippen molar-refractivity contribution < 1.29 is 33.6 Å². The molecule has 368 valence electrons. The van der Waals surface area contributed by atoms with Crippen LogP contribution in [0.3, 0.4) is 0 Å². The molecular weight excluding hydrogens is 897 g/mol. The van der Waals surface area contributed by atoms with Crippen molar-refractivity contribution in [3.05, 3.63) is 107 Å². The van der Waals surface area contributed by atoms with Crippen LogP contribution in [0, 0.1) is 5.92 Å². The molecule has 0 bridgehead atoms. The van der Waals surface area contributed by atoms with E-state index >= 15 is 0 Å². The molecule has 6 rings (SSSR count). The smallest absolute Gasteiger partial charge is 0.245 e. The van der Waals surface area contributed by atoms with E-state index < -0.39 is 77.6 Å². The Hall–Kier alpha value is -6.82. The Kier molecular flexibility index (Phi) is 19.1. The van der Waals surface area contributed by atoms with Gasteiger partial charge in [0.15, 0.2) is 5.96 Å². The third-order valence-corrected chi connectivity index (χ3v) is 13.3. The lowest BCUT2D eigenvalue weighted by atomic mass is 10.0. The molecule has 6 atom stereocenters. The molecule has 1 fully saturated rings. The average molecular weight is 963 g/mol. The largest absolute Gasteiger partial charge is 0.368 e. The number of nitrogens with one attached hydrogen (secondary N) is 7. The first-order chi connectivity index (χ1) is 33.2. The third-order valence-electron chi connectivity index (χ3n) is 12.2. The van der Waals surface area contributed by atoms with Crippen LogP contribution in [0.15, 0.2) is 96.0 Å². The first-order valence-electron chi connectivity index (χ1n) is 23.9. The maximum absolute atomic E-state index is 14.6. The second kappa shape index (κ2) is 25.5. The summed E-state index contributed by atoms with van der Waals surface area (Å²) in [4.78, 5) is 103. The van der Waals surface area contributed by atoms with Crippen LogP contribution in [0.25, 0.3) is 10.1 Å². The van der Waals surface area contributed by atoms with E-state index in [1.807, 2.05) is 105 Å². The molecule has 0 unspecified atom stereocenters. The minimum atomic E-state index is -1.15. The number of carbonyl (C=O) groups is 7. The third kappa shape index (κ3) is 15.6. The number of primary amides is 1. The van der Waals surface area contributed by atoms with Crippen molar-refractivity contribution in [3.8, 4) is 0 Å². The summed E-state index contributed by atoms with van der Waals surface area (Å²) in [5.74, 6) is -3.05. The quantitative estimate of drug-likeness (QED) is 0.0481. The lowest BCUT2D eigenvalue weighted by molar-refractivity contribution is -0.142. The second-order valence-electron chi connectivity index (χ2n) is 18.1. The number of aliphatic imine (C=N–C) groups is 1. The number of nitrogens with two attached hydrogens (primary N) is 1. The van der Waals surface area contributed by atoms with Gasteiger partial charge in [0, 0.05) is 55.4 Å². The first kappa shape index (κ1) is 51.6. The molecule has 9 N–H and O–H groups in total. The van der Waals surface area contributed by atoms with Crippen LogP contribution < -0.4 is 43.0 Å². The summed E-state index contributed by atoms with van der Waals surface area (Å²) in [6, 6.07) is 21.9. The molecule has 2 aliphatic rings. The van der Waals surface area contributed by atoms with Gasteiger partial charge >= 0.3 is 0 Å². The van der Waals surface area contributed by atoms with E-state index in [4.69, 9.17) is 5.73 Å². The molecule has 17 nitrogen and oxygen atoms in total. The summed E-state index contributed by atoms with van der Waals surface area (Å²) in [5, 5.41) is 21.6. The number of amides is 7. The average Bonchev–Trinajstić information content (AvgIpc) is 4.13. The van der Waals surface area contributed by atoms with Crippen molar-refractivity contribution in [3.63, 3.8) is 0 Å². The van der Waals surface area contributed by atoms with Crippen LogP contribution in [-0.4, -0.2) is 115 Å². The molecule has 0 spiro atoms. The highest BCUT2D eigenvalue weighted by molar-refractivity contribution is 7.19. The van der Waals surface area contributed by atoms with Gasteiger partial charge in [-0.05, 0) is 73.1 Å². The molecule has 1 aromatic heterocycles. The van der Waals surface area contributed by atoms with Crippen LogP contribution in [0.5, 0.6) is 0 Å². The Morgan fingerprint density at radius 1 is 0.725 bits per heavy atom. The monoisotopic (exact) mass is 962 g/mol. The van der Waals surface area contributed by atoms with Crippen molar-refractivity contribution in [2.75, 3.05) is 26.2 Å². The van der Waals surface area contributed by atoms with Gasteiger partial charge in [-0.15, -0.1) is 11.3 Å². The van der Waals surface area contributed by atoms with Gasteiger partial charge in [0.1, 0.15) is 36.3 Å².